The molecule has 1 aromatic rings. The lowest BCUT2D eigenvalue weighted by Crippen LogP contribution is -2.45. The first kappa shape index (κ1) is 20.5. The van der Waals surface area contributed by atoms with Crippen LogP contribution >= 0.6 is 0 Å². The Bertz CT molecular complexity index is 669. The molecule has 3 rings (SSSR count). The van der Waals surface area contributed by atoms with Gasteiger partial charge >= 0.3 is 5.97 Å². The summed E-state index contributed by atoms with van der Waals surface area (Å²) >= 11 is 0. The number of para-hydroxylation sites is 1. The largest absolute Gasteiger partial charge is 0.493 e. The van der Waals surface area contributed by atoms with Gasteiger partial charge in [0.1, 0.15) is 5.75 Å². The minimum Gasteiger partial charge on any atom is -0.493 e. The van der Waals surface area contributed by atoms with Gasteiger partial charge in [-0.15, -0.1) is 0 Å². The van der Waals surface area contributed by atoms with Crippen LogP contribution in [0.4, 0.5) is 0 Å². The van der Waals surface area contributed by atoms with E-state index < -0.39 is 0 Å². The highest BCUT2D eigenvalue weighted by Crippen LogP contribution is 2.33. The second-order valence-corrected chi connectivity index (χ2v) is 7.54. The lowest BCUT2D eigenvalue weighted by atomic mass is 9.86. The molecular formula is C22H33N3O3. The van der Waals surface area contributed by atoms with E-state index in [1.165, 1.54) is 5.56 Å². The summed E-state index contributed by atoms with van der Waals surface area (Å²) in [6.07, 6.45) is 4.68. The fourth-order valence-electron chi connectivity index (χ4n) is 4.05. The van der Waals surface area contributed by atoms with Gasteiger partial charge in [-0.25, -0.2) is 0 Å². The van der Waals surface area contributed by atoms with Gasteiger partial charge in [0.2, 0.25) is 0 Å². The molecule has 2 aliphatic rings. The zero-order valence-corrected chi connectivity index (χ0v) is 17.1. The summed E-state index contributed by atoms with van der Waals surface area (Å²) in [7, 11) is 0. The highest BCUT2D eigenvalue weighted by atomic mass is 16.5. The van der Waals surface area contributed by atoms with Crippen LogP contribution in [0, 0.1) is 5.92 Å². The van der Waals surface area contributed by atoms with Crippen molar-refractivity contribution in [1.82, 2.24) is 10.6 Å². The smallest absolute Gasteiger partial charge is 0.308 e. The first-order chi connectivity index (χ1) is 13.7. The van der Waals surface area contributed by atoms with Gasteiger partial charge in [-0.3, -0.25) is 9.79 Å². The standard InChI is InChI=1S/C22H33N3O3/c1-3-23-22(25-18-11-9-16(10-12-18)21(26)27-4-2)24-15-17-13-14-28-20-8-6-5-7-19(17)20/h5-8,16-18H,3-4,9-15H2,1-2H3,(H2,23,24,25). The molecule has 1 saturated carbocycles. The van der Waals surface area contributed by atoms with Crippen LogP contribution in [0.3, 0.4) is 0 Å². The molecule has 1 fully saturated rings. The van der Waals surface area contributed by atoms with E-state index in [4.69, 9.17) is 14.5 Å². The summed E-state index contributed by atoms with van der Waals surface area (Å²) in [6.45, 7) is 6.73. The van der Waals surface area contributed by atoms with Crippen molar-refractivity contribution >= 4 is 11.9 Å². The predicted molar refractivity (Wildman–Crippen MR) is 111 cm³/mol. The number of hydrogen-bond acceptors (Lipinski definition) is 4. The zero-order valence-electron chi connectivity index (χ0n) is 17.1. The Morgan fingerprint density at radius 1 is 1.18 bits per heavy atom. The van der Waals surface area contributed by atoms with Gasteiger partial charge < -0.3 is 20.1 Å². The minimum absolute atomic E-state index is 0.0419. The Balaban J connectivity index is 1.55. The van der Waals surface area contributed by atoms with Gasteiger partial charge in [0, 0.05) is 25.0 Å². The summed E-state index contributed by atoms with van der Waals surface area (Å²) in [6, 6.07) is 8.62. The molecule has 0 aromatic heterocycles. The highest BCUT2D eigenvalue weighted by Gasteiger charge is 2.28. The molecule has 0 amide bonds. The van der Waals surface area contributed by atoms with E-state index in [2.05, 4.69) is 29.7 Å². The Labute approximate surface area is 168 Å². The third-order valence-corrected chi connectivity index (χ3v) is 5.58. The lowest BCUT2D eigenvalue weighted by Gasteiger charge is -2.29. The molecular weight excluding hydrogens is 354 g/mol. The fraction of sp³-hybridized carbons (Fsp3) is 0.636. The van der Waals surface area contributed by atoms with Gasteiger partial charge in [0.15, 0.2) is 5.96 Å². The van der Waals surface area contributed by atoms with Crippen LogP contribution in [0.1, 0.15) is 57.4 Å². The lowest BCUT2D eigenvalue weighted by molar-refractivity contribution is -0.149. The first-order valence-corrected chi connectivity index (χ1v) is 10.6. The molecule has 0 spiro atoms. The number of nitrogens with zero attached hydrogens (tertiary/aromatic N) is 1. The summed E-state index contributed by atoms with van der Waals surface area (Å²) in [5.41, 5.74) is 1.25. The molecule has 2 N–H and O–H groups in total. The maximum absolute atomic E-state index is 11.9. The molecule has 0 bridgehead atoms. The maximum Gasteiger partial charge on any atom is 0.308 e. The average Bonchev–Trinajstić information content (AvgIpc) is 2.73. The van der Waals surface area contributed by atoms with Crippen molar-refractivity contribution in [2.75, 3.05) is 26.3 Å². The molecule has 6 nitrogen and oxygen atoms in total. The SMILES string of the molecule is CCNC(=NCC1CCOc2ccccc21)NC1CCC(C(=O)OCC)CC1. The van der Waals surface area contributed by atoms with E-state index in [9.17, 15) is 4.79 Å². The second kappa shape index (κ2) is 10.3. The average molecular weight is 388 g/mol. The van der Waals surface area contributed by atoms with Crippen LogP contribution in [0.5, 0.6) is 5.75 Å². The Morgan fingerprint density at radius 2 is 1.96 bits per heavy atom. The predicted octanol–water partition coefficient (Wildman–Crippen LogP) is 3.23. The number of carbonyl (C=O) groups excluding carboxylic acids is 1. The summed E-state index contributed by atoms with van der Waals surface area (Å²) in [4.78, 5) is 16.8. The molecule has 28 heavy (non-hydrogen) atoms. The van der Waals surface area contributed by atoms with Crippen molar-refractivity contribution < 1.29 is 14.3 Å². The number of esters is 1. The molecule has 1 heterocycles. The molecule has 1 unspecified atom stereocenters. The van der Waals surface area contributed by atoms with Gasteiger partial charge in [-0.1, -0.05) is 18.2 Å². The number of fused-ring (bicyclic) bond motifs is 1. The number of nitrogens with one attached hydrogen (secondary N) is 2. The maximum atomic E-state index is 11.9. The molecule has 6 heteroatoms. The van der Waals surface area contributed by atoms with Crippen molar-refractivity contribution in [3.05, 3.63) is 29.8 Å². The molecule has 1 aromatic carbocycles. The normalized spacial score (nSPS) is 24.6. The van der Waals surface area contributed by atoms with Gasteiger partial charge in [-0.2, -0.15) is 0 Å². The van der Waals surface area contributed by atoms with Crippen molar-refractivity contribution in [1.29, 1.82) is 0 Å². The van der Waals surface area contributed by atoms with E-state index in [0.717, 1.165) is 63.5 Å². The van der Waals surface area contributed by atoms with Gasteiger partial charge in [0.25, 0.3) is 0 Å². The second-order valence-electron chi connectivity index (χ2n) is 7.54. The number of carbonyl (C=O) groups is 1. The van der Waals surface area contributed by atoms with E-state index in [-0.39, 0.29) is 11.9 Å². The Hall–Kier alpha value is -2.24. The van der Waals surface area contributed by atoms with Crippen molar-refractivity contribution in [3.8, 4) is 5.75 Å². The van der Waals surface area contributed by atoms with E-state index >= 15 is 0 Å². The summed E-state index contributed by atoms with van der Waals surface area (Å²) in [5.74, 6) is 2.26. The monoisotopic (exact) mass is 387 g/mol. The number of benzene rings is 1. The first-order valence-electron chi connectivity index (χ1n) is 10.6. The highest BCUT2D eigenvalue weighted by molar-refractivity contribution is 5.80. The summed E-state index contributed by atoms with van der Waals surface area (Å²) < 4.78 is 10.9. The molecule has 1 aliphatic carbocycles. The summed E-state index contributed by atoms with van der Waals surface area (Å²) in [5, 5.41) is 6.93. The van der Waals surface area contributed by atoms with Crippen LogP contribution in [-0.2, 0) is 9.53 Å². The van der Waals surface area contributed by atoms with Crippen molar-refractivity contribution in [2.24, 2.45) is 10.9 Å². The molecule has 0 radical (unpaired) electrons. The van der Waals surface area contributed by atoms with Crippen LogP contribution in [0.15, 0.2) is 29.3 Å². The van der Waals surface area contributed by atoms with Crippen molar-refractivity contribution in [2.45, 2.75) is 57.9 Å². The van der Waals surface area contributed by atoms with Gasteiger partial charge in [-0.05, 0) is 57.6 Å². The number of rotatable bonds is 6. The van der Waals surface area contributed by atoms with Crippen LogP contribution < -0.4 is 15.4 Å². The van der Waals surface area contributed by atoms with Crippen LogP contribution in [0.2, 0.25) is 0 Å². The van der Waals surface area contributed by atoms with Crippen LogP contribution in [0.25, 0.3) is 0 Å². The molecule has 1 aliphatic heterocycles. The van der Waals surface area contributed by atoms with Crippen molar-refractivity contribution in [3.63, 3.8) is 0 Å². The quantitative estimate of drug-likeness (QED) is 0.445. The molecule has 154 valence electrons. The van der Waals surface area contributed by atoms with E-state index in [1.54, 1.807) is 0 Å². The number of guanidine groups is 1. The topological polar surface area (TPSA) is 72.0 Å². The molecule has 0 saturated heterocycles. The Kier molecular flexibility index (Phi) is 7.57. The Morgan fingerprint density at radius 3 is 2.71 bits per heavy atom. The third kappa shape index (κ3) is 5.40. The van der Waals surface area contributed by atoms with Gasteiger partial charge in [0.05, 0.1) is 19.1 Å². The number of aliphatic imine (C=N–C) groups is 1. The van der Waals surface area contributed by atoms with E-state index in [1.807, 2.05) is 19.1 Å². The van der Waals surface area contributed by atoms with E-state index in [0.29, 0.717) is 18.6 Å². The molecule has 1 atom stereocenters. The minimum atomic E-state index is -0.0419. The zero-order chi connectivity index (χ0) is 19.8. The van der Waals surface area contributed by atoms with Crippen LogP contribution in [-0.4, -0.2) is 44.3 Å². The number of ether oxygens (including phenoxy) is 2. The third-order valence-electron chi connectivity index (χ3n) is 5.58. The fourth-order valence-corrected chi connectivity index (χ4v) is 4.05. The number of hydrogen-bond donors (Lipinski definition) is 2.